The number of alkyl carbamates (subject to hydrolysis) is 1. The molecule has 0 aromatic carbocycles. The van der Waals surface area contributed by atoms with Crippen LogP contribution in [-0.4, -0.2) is 25.9 Å². The fraction of sp³-hybridized carbons (Fsp3) is 0.833. The van der Waals surface area contributed by atoms with E-state index in [1.54, 1.807) is 0 Å². The SMILES string of the molecule is CCCOC(=O)NCCON. The van der Waals surface area contributed by atoms with Crippen molar-refractivity contribution in [3.63, 3.8) is 0 Å². The molecule has 0 aliphatic carbocycles. The van der Waals surface area contributed by atoms with E-state index < -0.39 is 6.09 Å². The number of hydrogen-bond acceptors (Lipinski definition) is 4. The van der Waals surface area contributed by atoms with E-state index in [-0.39, 0.29) is 0 Å². The summed E-state index contributed by atoms with van der Waals surface area (Å²) in [7, 11) is 0. The summed E-state index contributed by atoms with van der Waals surface area (Å²) < 4.78 is 4.69. The van der Waals surface area contributed by atoms with Crippen molar-refractivity contribution in [1.29, 1.82) is 0 Å². The smallest absolute Gasteiger partial charge is 0.407 e. The number of ether oxygens (including phenoxy) is 1. The summed E-state index contributed by atoms with van der Waals surface area (Å²) in [6, 6.07) is 0. The summed E-state index contributed by atoms with van der Waals surface area (Å²) in [4.78, 5) is 14.9. The third-order valence-electron chi connectivity index (χ3n) is 0.927. The van der Waals surface area contributed by atoms with Crippen LogP contribution >= 0.6 is 0 Å². The number of carbonyl (C=O) groups excluding carboxylic acids is 1. The van der Waals surface area contributed by atoms with Gasteiger partial charge in [-0.25, -0.2) is 10.7 Å². The maximum absolute atomic E-state index is 10.6. The number of nitrogens with one attached hydrogen (secondary N) is 1. The van der Waals surface area contributed by atoms with Crippen molar-refractivity contribution < 1.29 is 14.4 Å². The van der Waals surface area contributed by atoms with Gasteiger partial charge in [0.1, 0.15) is 0 Å². The van der Waals surface area contributed by atoms with Crippen LogP contribution in [-0.2, 0) is 9.57 Å². The lowest BCUT2D eigenvalue weighted by Gasteiger charge is -2.03. The van der Waals surface area contributed by atoms with E-state index in [2.05, 4.69) is 10.2 Å². The largest absolute Gasteiger partial charge is 0.450 e. The zero-order valence-corrected chi connectivity index (χ0v) is 6.63. The number of amides is 1. The molecule has 0 rings (SSSR count). The highest BCUT2D eigenvalue weighted by Gasteiger charge is 1.97. The minimum absolute atomic E-state index is 0.293. The number of hydrogen-bond donors (Lipinski definition) is 2. The van der Waals surface area contributed by atoms with E-state index in [9.17, 15) is 4.79 Å². The van der Waals surface area contributed by atoms with Gasteiger partial charge in [-0.3, -0.25) is 0 Å². The van der Waals surface area contributed by atoms with Crippen LogP contribution in [0.15, 0.2) is 0 Å². The van der Waals surface area contributed by atoms with Gasteiger partial charge in [0.2, 0.25) is 0 Å². The van der Waals surface area contributed by atoms with Crippen molar-refractivity contribution in [3.05, 3.63) is 0 Å². The third-order valence-corrected chi connectivity index (χ3v) is 0.927. The molecule has 0 aromatic heterocycles. The van der Waals surface area contributed by atoms with Gasteiger partial charge in [0.05, 0.1) is 13.2 Å². The zero-order chi connectivity index (χ0) is 8.53. The predicted molar refractivity (Wildman–Crippen MR) is 39.8 cm³/mol. The third kappa shape index (κ3) is 7.08. The molecule has 0 aliphatic rings. The van der Waals surface area contributed by atoms with Crippen LogP contribution in [0.5, 0.6) is 0 Å². The van der Waals surface area contributed by atoms with E-state index in [0.717, 1.165) is 6.42 Å². The fourth-order valence-electron chi connectivity index (χ4n) is 0.458. The van der Waals surface area contributed by atoms with Crippen molar-refractivity contribution in [1.82, 2.24) is 5.32 Å². The zero-order valence-electron chi connectivity index (χ0n) is 6.63. The molecule has 0 heterocycles. The highest BCUT2D eigenvalue weighted by atomic mass is 16.6. The monoisotopic (exact) mass is 162 g/mol. The summed E-state index contributed by atoms with van der Waals surface area (Å²) in [6.45, 7) is 3.03. The van der Waals surface area contributed by atoms with Crippen LogP contribution in [0.3, 0.4) is 0 Å². The lowest BCUT2D eigenvalue weighted by molar-refractivity contribution is 0.124. The van der Waals surface area contributed by atoms with Crippen molar-refractivity contribution >= 4 is 6.09 Å². The standard InChI is InChI=1S/C6H14N2O3/c1-2-4-10-6(9)8-3-5-11-7/h2-5,7H2,1H3,(H,8,9). The fourth-order valence-corrected chi connectivity index (χ4v) is 0.458. The quantitative estimate of drug-likeness (QED) is 0.441. The lowest BCUT2D eigenvalue weighted by atomic mass is 10.5. The Bertz CT molecular complexity index is 108. The van der Waals surface area contributed by atoms with Gasteiger partial charge in [-0.05, 0) is 6.42 Å². The molecular weight excluding hydrogens is 148 g/mol. The van der Waals surface area contributed by atoms with Crippen LogP contribution in [0.1, 0.15) is 13.3 Å². The Balaban J connectivity index is 3.09. The molecule has 5 nitrogen and oxygen atoms in total. The number of carbonyl (C=O) groups is 1. The highest BCUT2D eigenvalue weighted by Crippen LogP contribution is 1.80. The van der Waals surface area contributed by atoms with Crippen LogP contribution in [0.2, 0.25) is 0 Å². The first-order valence-electron chi connectivity index (χ1n) is 3.53. The Kier molecular flexibility index (Phi) is 6.76. The number of rotatable bonds is 5. The molecule has 66 valence electrons. The van der Waals surface area contributed by atoms with Crippen molar-refractivity contribution in [2.45, 2.75) is 13.3 Å². The number of nitrogens with two attached hydrogens (primary N) is 1. The predicted octanol–water partition coefficient (Wildman–Crippen LogP) is 0.0129. The summed E-state index contributed by atoms with van der Waals surface area (Å²) in [6.07, 6.45) is 0.393. The molecule has 0 saturated carbocycles. The molecule has 1 amide bonds. The first-order valence-corrected chi connectivity index (χ1v) is 3.53. The Hall–Kier alpha value is -0.810. The second-order valence-electron chi connectivity index (χ2n) is 1.93. The van der Waals surface area contributed by atoms with E-state index in [1.807, 2.05) is 6.92 Å². The Morgan fingerprint density at radius 3 is 2.82 bits per heavy atom. The maximum atomic E-state index is 10.6. The molecule has 11 heavy (non-hydrogen) atoms. The first kappa shape index (κ1) is 10.2. The Morgan fingerprint density at radius 2 is 2.27 bits per heavy atom. The van der Waals surface area contributed by atoms with E-state index in [1.165, 1.54) is 0 Å². The summed E-state index contributed by atoms with van der Waals surface area (Å²) in [5.41, 5.74) is 0. The summed E-state index contributed by atoms with van der Waals surface area (Å²) in [5.74, 6) is 4.72. The molecule has 5 heteroatoms. The van der Waals surface area contributed by atoms with Gasteiger partial charge in [-0.1, -0.05) is 6.92 Å². The molecule has 0 unspecified atom stereocenters. The maximum Gasteiger partial charge on any atom is 0.407 e. The van der Waals surface area contributed by atoms with Crippen LogP contribution in [0.4, 0.5) is 4.79 Å². The summed E-state index contributed by atoms with van der Waals surface area (Å²) in [5, 5.41) is 2.45. The molecule has 0 bridgehead atoms. The van der Waals surface area contributed by atoms with Crippen molar-refractivity contribution in [2.24, 2.45) is 5.90 Å². The van der Waals surface area contributed by atoms with Crippen molar-refractivity contribution in [3.8, 4) is 0 Å². The Morgan fingerprint density at radius 1 is 1.55 bits per heavy atom. The second-order valence-corrected chi connectivity index (χ2v) is 1.93. The molecular formula is C6H14N2O3. The molecule has 0 atom stereocenters. The average Bonchev–Trinajstić information content (AvgIpc) is 2.01. The van der Waals surface area contributed by atoms with Gasteiger partial charge in [0.25, 0.3) is 0 Å². The van der Waals surface area contributed by atoms with Gasteiger partial charge in [0, 0.05) is 6.54 Å². The highest BCUT2D eigenvalue weighted by molar-refractivity contribution is 5.66. The van der Waals surface area contributed by atoms with Crippen LogP contribution in [0, 0.1) is 0 Å². The average molecular weight is 162 g/mol. The molecule has 0 aromatic rings. The Labute approximate surface area is 65.8 Å². The topological polar surface area (TPSA) is 73.6 Å². The van der Waals surface area contributed by atoms with Gasteiger partial charge in [-0.2, -0.15) is 0 Å². The summed E-state index contributed by atoms with van der Waals surface area (Å²) >= 11 is 0. The van der Waals surface area contributed by atoms with Crippen LogP contribution < -0.4 is 11.2 Å². The molecule has 0 radical (unpaired) electrons. The normalized spacial score (nSPS) is 9.27. The van der Waals surface area contributed by atoms with Gasteiger partial charge < -0.3 is 14.9 Å². The van der Waals surface area contributed by atoms with Crippen molar-refractivity contribution in [2.75, 3.05) is 19.8 Å². The van der Waals surface area contributed by atoms with Crippen LogP contribution in [0.25, 0.3) is 0 Å². The van der Waals surface area contributed by atoms with E-state index >= 15 is 0 Å². The van der Waals surface area contributed by atoms with E-state index in [0.29, 0.717) is 19.8 Å². The second kappa shape index (κ2) is 7.30. The lowest BCUT2D eigenvalue weighted by Crippen LogP contribution is -2.28. The molecule has 0 fully saturated rings. The van der Waals surface area contributed by atoms with Gasteiger partial charge >= 0.3 is 6.09 Å². The van der Waals surface area contributed by atoms with Gasteiger partial charge in [0.15, 0.2) is 0 Å². The van der Waals surface area contributed by atoms with Gasteiger partial charge in [-0.15, -0.1) is 0 Å². The molecule has 0 aliphatic heterocycles. The minimum Gasteiger partial charge on any atom is -0.450 e. The first-order chi connectivity index (χ1) is 5.31. The molecule has 0 spiro atoms. The molecule has 0 saturated heterocycles. The minimum atomic E-state index is -0.427. The molecule has 3 N–H and O–H groups in total. The van der Waals surface area contributed by atoms with E-state index in [4.69, 9.17) is 10.6 Å².